The maximum Gasteiger partial charge on any atom is 0.122 e. The molecule has 0 amide bonds. The summed E-state index contributed by atoms with van der Waals surface area (Å²) in [6.07, 6.45) is 2.17. The van der Waals surface area contributed by atoms with Crippen LogP contribution in [-0.2, 0) is 11.3 Å². The summed E-state index contributed by atoms with van der Waals surface area (Å²) >= 11 is 0. The van der Waals surface area contributed by atoms with Gasteiger partial charge in [0.25, 0.3) is 0 Å². The second-order valence-electron chi connectivity index (χ2n) is 4.49. The van der Waals surface area contributed by atoms with Gasteiger partial charge in [0.05, 0.1) is 14.2 Å². The van der Waals surface area contributed by atoms with Gasteiger partial charge in [0.15, 0.2) is 0 Å². The summed E-state index contributed by atoms with van der Waals surface area (Å²) in [4.78, 5) is 0. The van der Waals surface area contributed by atoms with E-state index in [1.807, 2.05) is 18.2 Å². The number of hydrogen-bond acceptors (Lipinski definition) is 4. The highest BCUT2D eigenvalue weighted by Gasteiger charge is 2.13. The molecule has 4 nitrogen and oxygen atoms in total. The first-order valence-corrected chi connectivity index (χ1v) is 6.35. The highest BCUT2D eigenvalue weighted by atomic mass is 16.5. The molecule has 0 aliphatic carbocycles. The van der Waals surface area contributed by atoms with Crippen LogP contribution >= 0.6 is 0 Å². The molecule has 1 N–H and O–H groups in total. The van der Waals surface area contributed by atoms with Crippen molar-refractivity contribution >= 4 is 0 Å². The monoisotopic (exact) mass is 251 g/mol. The fraction of sp³-hybridized carbons (Fsp3) is 0.571. The van der Waals surface area contributed by atoms with Gasteiger partial charge < -0.3 is 19.5 Å². The van der Waals surface area contributed by atoms with Gasteiger partial charge in [-0.05, 0) is 30.5 Å². The van der Waals surface area contributed by atoms with Gasteiger partial charge in [-0.25, -0.2) is 0 Å². The number of methoxy groups -OCH3 is 2. The van der Waals surface area contributed by atoms with Crippen molar-refractivity contribution < 1.29 is 14.2 Å². The lowest BCUT2D eigenvalue weighted by atomic mass is 10.1. The SMILES string of the molecule is COc1cc(CNC2CCOCC2)cc(OC)c1. The summed E-state index contributed by atoms with van der Waals surface area (Å²) in [6, 6.07) is 6.51. The van der Waals surface area contributed by atoms with E-state index in [1.54, 1.807) is 14.2 Å². The van der Waals surface area contributed by atoms with Crippen LogP contribution in [0.1, 0.15) is 18.4 Å². The fourth-order valence-electron chi connectivity index (χ4n) is 2.13. The van der Waals surface area contributed by atoms with E-state index in [2.05, 4.69) is 5.32 Å². The van der Waals surface area contributed by atoms with E-state index in [-0.39, 0.29) is 0 Å². The summed E-state index contributed by atoms with van der Waals surface area (Å²) in [5.74, 6) is 1.66. The van der Waals surface area contributed by atoms with Crippen LogP contribution in [0.5, 0.6) is 11.5 Å². The largest absolute Gasteiger partial charge is 0.497 e. The van der Waals surface area contributed by atoms with Crippen molar-refractivity contribution in [2.75, 3.05) is 27.4 Å². The Balaban J connectivity index is 1.94. The average molecular weight is 251 g/mol. The molecule has 1 aromatic rings. The molecule has 18 heavy (non-hydrogen) atoms. The van der Waals surface area contributed by atoms with Crippen LogP contribution < -0.4 is 14.8 Å². The Hall–Kier alpha value is -1.26. The van der Waals surface area contributed by atoms with Crippen molar-refractivity contribution in [1.29, 1.82) is 0 Å². The molecule has 100 valence electrons. The van der Waals surface area contributed by atoms with Crippen molar-refractivity contribution in [2.45, 2.75) is 25.4 Å². The van der Waals surface area contributed by atoms with E-state index in [9.17, 15) is 0 Å². The molecule has 4 heteroatoms. The molecule has 0 spiro atoms. The van der Waals surface area contributed by atoms with E-state index >= 15 is 0 Å². The smallest absolute Gasteiger partial charge is 0.122 e. The van der Waals surface area contributed by atoms with Crippen molar-refractivity contribution in [2.24, 2.45) is 0 Å². The molecule has 1 aliphatic rings. The van der Waals surface area contributed by atoms with Crippen LogP contribution in [0.2, 0.25) is 0 Å². The molecule has 0 unspecified atom stereocenters. The van der Waals surface area contributed by atoms with Crippen LogP contribution in [0.25, 0.3) is 0 Å². The maximum absolute atomic E-state index is 5.34. The molecule has 2 rings (SSSR count). The summed E-state index contributed by atoms with van der Waals surface area (Å²) in [5.41, 5.74) is 1.18. The van der Waals surface area contributed by atoms with Gasteiger partial charge >= 0.3 is 0 Å². The predicted molar refractivity (Wildman–Crippen MR) is 70.2 cm³/mol. The van der Waals surface area contributed by atoms with E-state index in [0.29, 0.717) is 6.04 Å². The lowest BCUT2D eigenvalue weighted by Crippen LogP contribution is -2.34. The predicted octanol–water partition coefficient (Wildman–Crippen LogP) is 1.97. The van der Waals surface area contributed by atoms with Crippen LogP contribution in [-0.4, -0.2) is 33.5 Å². The zero-order valence-corrected chi connectivity index (χ0v) is 11.1. The maximum atomic E-state index is 5.34. The topological polar surface area (TPSA) is 39.7 Å². The number of nitrogens with one attached hydrogen (secondary N) is 1. The fourth-order valence-corrected chi connectivity index (χ4v) is 2.13. The Labute approximate surface area is 108 Å². The molecule has 1 aliphatic heterocycles. The van der Waals surface area contributed by atoms with Gasteiger partial charge in [-0.15, -0.1) is 0 Å². The minimum atomic E-state index is 0.552. The van der Waals surface area contributed by atoms with Gasteiger partial charge in [0.1, 0.15) is 11.5 Å². The Bertz CT molecular complexity index is 353. The van der Waals surface area contributed by atoms with Crippen molar-refractivity contribution in [1.82, 2.24) is 5.32 Å². The Morgan fingerprint density at radius 1 is 1.11 bits per heavy atom. The van der Waals surface area contributed by atoms with E-state index in [0.717, 1.165) is 44.1 Å². The molecule has 1 saturated heterocycles. The lowest BCUT2D eigenvalue weighted by Gasteiger charge is -2.23. The molecule has 0 radical (unpaired) electrons. The molecular formula is C14H21NO3. The highest BCUT2D eigenvalue weighted by molar-refractivity contribution is 5.38. The van der Waals surface area contributed by atoms with E-state index in [4.69, 9.17) is 14.2 Å². The first-order valence-electron chi connectivity index (χ1n) is 6.35. The zero-order valence-electron chi connectivity index (χ0n) is 11.1. The first-order chi connectivity index (χ1) is 8.81. The molecule has 0 bridgehead atoms. The quantitative estimate of drug-likeness (QED) is 0.868. The Morgan fingerprint density at radius 2 is 1.72 bits per heavy atom. The number of benzene rings is 1. The normalized spacial score (nSPS) is 16.6. The minimum Gasteiger partial charge on any atom is -0.497 e. The van der Waals surface area contributed by atoms with Crippen LogP contribution in [0.3, 0.4) is 0 Å². The van der Waals surface area contributed by atoms with Crippen LogP contribution in [0, 0.1) is 0 Å². The molecule has 0 aromatic heterocycles. The molecule has 1 aromatic carbocycles. The van der Waals surface area contributed by atoms with E-state index in [1.165, 1.54) is 5.56 Å². The van der Waals surface area contributed by atoms with E-state index < -0.39 is 0 Å². The third-order valence-corrected chi connectivity index (χ3v) is 3.23. The van der Waals surface area contributed by atoms with Crippen molar-refractivity contribution in [3.05, 3.63) is 23.8 Å². The summed E-state index contributed by atoms with van der Waals surface area (Å²) in [5, 5.41) is 3.55. The standard InChI is InChI=1S/C14H21NO3/c1-16-13-7-11(8-14(9-13)17-2)10-15-12-3-5-18-6-4-12/h7-9,12,15H,3-6,10H2,1-2H3. The Kier molecular flexibility index (Phi) is 4.84. The number of ether oxygens (including phenoxy) is 3. The zero-order chi connectivity index (χ0) is 12.8. The van der Waals surface area contributed by atoms with Crippen molar-refractivity contribution in [3.63, 3.8) is 0 Å². The van der Waals surface area contributed by atoms with Gasteiger partial charge in [-0.1, -0.05) is 0 Å². The van der Waals surface area contributed by atoms with Gasteiger partial charge in [0, 0.05) is 31.9 Å². The van der Waals surface area contributed by atoms with Crippen molar-refractivity contribution in [3.8, 4) is 11.5 Å². The third kappa shape index (κ3) is 3.62. The second kappa shape index (κ2) is 6.61. The summed E-state index contributed by atoms with van der Waals surface area (Å²) < 4.78 is 15.9. The van der Waals surface area contributed by atoms with Crippen LogP contribution in [0.4, 0.5) is 0 Å². The van der Waals surface area contributed by atoms with Gasteiger partial charge in [0.2, 0.25) is 0 Å². The molecule has 1 heterocycles. The molecule has 0 atom stereocenters. The minimum absolute atomic E-state index is 0.552. The molecular weight excluding hydrogens is 230 g/mol. The summed E-state index contributed by atoms with van der Waals surface area (Å²) in [6.45, 7) is 2.55. The highest BCUT2D eigenvalue weighted by Crippen LogP contribution is 2.22. The summed E-state index contributed by atoms with van der Waals surface area (Å²) in [7, 11) is 3.34. The van der Waals surface area contributed by atoms with Gasteiger partial charge in [-0.2, -0.15) is 0 Å². The average Bonchev–Trinajstić information content (AvgIpc) is 2.45. The first kappa shape index (κ1) is 13.2. The number of rotatable bonds is 5. The molecule has 1 fully saturated rings. The molecule has 0 saturated carbocycles. The second-order valence-corrected chi connectivity index (χ2v) is 4.49. The Morgan fingerprint density at radius 3 is 2.28 bits per heavy atom. The number of hydrogen-bond donors (Lipinski definition) is 1. The third-order valence-electron chi connectivity index (χ3n) is 3.23. The van der Waals surface area contributed by atoms with Crippen LogP contribution in [0.15, 0.2) is 18.2 Å². The lowest BCUT2D eigenvalue weighted by molar-refractivity contribution is 0.0776. The van der Waals surface area contributed by atoms with Gasteiger partial charge in [-0.3, -0.25) is 0 Å².